The van der Waals surface area contributed by atoms with Crippen LogP contribution in [0.5, 0.6) is 5.75 Å². The Morgan fingerprint density at radius 2 is 1.77 bits per heavy atom. The van der Waals surface area contributed by atoms with E-state index in [-0.39, 0.29) is 5.82 Å². The third-order valence-corrected chi connectivity index (χ3v) is 7.46. The number of hydrogen-bond acceptors (Lipinski definition) is 1. The van der Waals surface area contributed by atoms with E-state index in [0.29, 0.717) is 18.3 Å². The molecule has 0 amide bonds. The highest BCUT2D eigenvalue weighted by Crippen LogP contribution is 2.48. The van der Waals surface area contributed by atoms with Gasteiger partial charge in [0.25, 0.3) is 0 Å². The van der Waals surface area contributed by atoms with Gasteiger partial charge in [0.05, 0.1) is 0 Å². The van der Waals surface area contributed by atoms with E-state index in [9.17, 15) is 4.39 Å². The molecule has 5 unspecified atom stereocenters. The first-order chi connectivity index (χ1) is 12.6. The maximum atomic E-state index is 14.7. The standard InChI is InChI=1S/C24H33FO/c1-3-10-26-22-13-21-9-8-20(14-23(21)24(25)15-22)19-7-6-17-11-16(2)4-5-18(17)12-19/h3,13,15-20H,1,4-12,14H2,2H3. The van der Waals surface area contributed by atoms with Crippen LogP contribution in [0.1, 0.15) is 63.0 Å². The van der Waals surface area contributed by atoms with Gasteiger partial charge in [-0.2, -0.15) is 0 Å². The summed E-state index contributed by atoms with van der Waals surface area (Å²) in [6, 6.07) is 3.63. The van der Waals surface area contributed by atoms with Crippen LogP contribution < -0.4 is 4.74 Å². The summed E-state index contributed by atoms with van der Waals surface area (Å²) >= 11 is 0. The Balaban J connectivity index is 1.43. The first-order valence-electron chi connectivity index (χ1n) is 10.7. The quantitative estimate of drug-likeness (QED) is 0.571. The average molecular weight is 357 g/mol. The van der Waals surface area contributed by atoms with Gasteiger partial charge in [-0.3, -0.25) is 0 Å². The monoisotopic (exact) mass is 356 g/mol. The molecule has 0 aliphatic heterocycles. The van der Waals surface area contributed by atoms with Crippen molar-refractivity contribution >= 4 is 0 Å². The normalized spacial score (nSPS) is 33.8. The van der Waals surface area contributed by atoms with Crippen LogP contribution >= 0.6 is 0 Å². The molecule has 3 aliphatic carbocycles. The van der Waals surface area contributed by atoms with Crippen LogP contribution in [-0.2, 0) is 12.8 Å². The third kappa shape index (κ3) is 3.70. The first-order valence-corrected chi connectivity index (χ1v) is 10.7. The molecule has 0 N–H and O–H groups in total. The highest BCUT2D eigenvalue weighted by atomic mass is 19.1. The van der Waals surface area contributed by atoms with Gasteiger partial charge in [0.2, 0.25) is 0 Å². The van der Waals surface area contributed by atoms with Crippen molar-refractivity contribution < 1.29 is 9.13 Å². The molecule has 2 heteroatoms. The van der Waals surface area contributed by atoms with Gasteiger partial charge in [0.1, 0.15) is 18.2 Å². The molecular weight excluding hydrogens is 323 g/mol. The van der Waals surface area contributed by atoms with Crippen LogP contribution in [-0.4, -0.2) is 6.61 Å². The van der Waals surface area contributed by atoms with Crippen LogP contribution in [0, 0.1) is 35.4 Å². The number of ether oxygens (including phenoxy) is 1. The molecule has 0 aromatic heterocycles. The molecule has 1 nitrogen and oxygen atoms in total. The van der Waals surface area contributed by atoms with Crippen molar-refractivity contribution in [2.24, 2.45) is 29.6 Å². The summed E-state index contributed by atoms with van der Waals surface area (Å²) in [7, 11) is 0. The molecule has 2 fully saturated rings. The summed E-state index contributed by atoms with van der Waals surface area (Å²) in [4.78, 5) is 0. The van der Waals surface area contributed by atoms with Gasteiger partial charge >= 0.3 is 0 Å². The number of hydrogen-bond donors (Lipinski definition) is 0. The molecule has 1 aromatic carbocycles. The second-order valence-corrected chi connectivity index (χ2v) is 9.16. The minimum atomic E-state index is -0.0635. The van der Waals surface area contributed by atoms with Gasteiger partial charge in [-0.15, -0.1) is 0 Å². The lowest BCUT2D eigenvalue weighted by Crippen LogP contribution is -2.34. The van der Waals surface area contributed by atoms with Gasteiger partial charge in [0, 0.05) is 6.07 Å². The zero-order chi connectivity index (χ0) is 18.1. The summed E-state index contributed by atoms with van der Waals surface area (Å²) in [6.45, 7) is 6.52. The fourth-order valence-electron chi connectivity index (χ4n) is 6.05. The SMILES string of the molecule is C=CCOc1cc(F)c2c(c1)CCC(C1CCC3CC(C)CCC3C1)C2. The van der Waals surface area contributed by atoms with Crippen molar-refractivity contribution in [3.63, 3.8) is 0 Å². The summed E-state index contributed by atoms with van der Waals surface area (Å²) < 4.78 is 20.3. The van der Waals surface area contributed by atoms with Gasteiger partial charge in [-0.25, -0.2) is 4.39 Å². The van der Waals surface area contributed by atoms with Gasteiger partial charge in [0.15, 0.2) is 0 Å². The van der Waals surface area contributed by atoms with Gasteiger partial charge in [-0.05, 0) is 98.1 Å². The molecule has 3 aliphatic rings. The Morgan fingerprint density at radius 1 is 1.04 bits per heavy atom. The largest absolute Gasteiger partial charge is 0.489 e. The number of rotatable bonds is 4. The Labute approximate surface area is 158 Å². The second-order valence-electron chi connectivity index (χ2n) is 9.16. The Kier molecular flexibility index (Phi) is 5.38. The highest BCUT2D eigenvalue weighted by Gasteiger charge is 2.38. The van der Waals surface area contributed by atoms with E-state index < -0.39 is 0 Å². The number of fused-ring (bicyclic) bond motifs is 2. The topological polar surface area (TPSA) is 9.23 Å². The van der Waals surface area contributed by atoms with Gasteiger partial charge in [-0.1, -0.05) is 26.0 Å². The Morgan fingerprint density at radius 3 is 2.58 bits per heavy atom. The number of halogens is 1. The summed E-state index contributed by atoms with van der Waals surface area (Å²) in [5, 5.41) is 0. The number of aryl methyl sites for hydroxylation is 1. The van der Waals surface area contributed by atoms with Crippen molar-refractivity contribution in [2.75, 3.05) is 6.61 Å². The fraction of sp³-hybridized carbons (Fsp3) is 0.667. The molecule has 4 rings (SSSR count). The average Bonchev–Trinajstić information content (AvgIpc) is 2.65. The van der Waals surface area contributed by atoms with Crippen molar-refractivity contribution in [3.05, 3.63) is 41.7 Å². The minimum Gasteiger partial charge on any atom is -0.489 e. The predicted molar refractivity (Wildman–Crippen MR) is 105 cm³/mol. The molecule has 0 bridgehead atoms. The lowest BCUT2D eigenvalue weighted by molar-refractivity contribution is 0.0754. The van der Waals surface area contributed by atoms with E-state index in [1.54, 1.807) is 12.1 Å². The highest BCUT2D eigenvalue weighted by molar-refractivity contribution is 5.39. The zero-order valence-electron chi connectivity index (χ0n) is 16.2. The summed E-state index contributed by atoms with van der Waals surface area (Å²) in [6.07, 6.45) is 13.4. The van der Waals surface area contributed by atoms with Crippen LogP contribution in [0.15, 0.2) is 24.8 Å². The molecule has 2 saturated carbocycles. The molecule has 26 heavy (non-hydrogen) atoms. The van der Waals surface area contributed by atoms with E-state index in [1.165, 1.54) is 50.5 Å². The Hall–Kier alpha value is -1.31. The van der Waals surface area contributed by atoms with Crippen molar-refractivity contribution in [2.45, 2.75) is 64.7 Å². The minimum absolute atomic E-state index is 0.0635. The second kappa shape index (κ2) is 7.74. The van der Waals surface area contributed by atoms with E-state index in [0.717, 1.165) is 42.1 Å². The van der Waals surface area contributed by atoms with Gasteiger partial charge < -0.3 is 4.74 Å². The maximum absolute atomic E-state index is 14.7. The molecular formula is C24H33FO. The lowest BCUT2D eigenvalue weighted by atomic mass is 9.61. The molecule has 0 spiro atoms. The first kappa shape index (κ1) is 18.1. The maximum Gasteiger partial charge on any atom is 0.130 e. The third-order valence-electron chi connectivity index (χ3n) is 7.46. The van der Waals surface area contributed by atoms with Crippen molar-refractivity contribution in [1.29, 1.82) is 0 Å². The molecule has 0 radical (unpaired) electrons. The van der Waals surface area contributed by atoms with Crippen LogP contribution in [0.3, 0.4) is 0 Å². The summed E-state index contributed by atoms with van der Waals surface area (Å²) in [5.74, 6) is 4.94. The predicted octanol–water partition coefficient (Wildman–Crippen LogP) is 6.35. The molecule has 142 valence electrons. The van der Waals surface area contributed by atoms with Crippen LogP contribution in [0.25, 0.3) is 0 Å². The molecule has 0 heterocycles. The van der Waals surface area contributed by atoms with E-state index >= 15 is 0 Å². The smallest absolute Gasteiger partial charge is 0.130 e. The van der Waals surface area contributed by atoms with E-state index in [2.05, 4.69) is 19.6 Å². The van der Waals surface area contributed by atoms with E-state index in [1.807, 2.05) is 0 Å². The fourth-order valence-corrected chi connectivity index (χ4v) is 6.05. The Bertz CT molecular complexity index is 652. The molecule has 5 atom stereocenters. The number of benzene rings is 1. The molecule has 1 aromatic rings. The molecule has 0 saturated heterocycles. The van der Waals surface area contributed by atoms with Crippen molar-refractivity contribution in [1.82, 2.24) is 0 Å². The van der Waals surface area contributed by atoms with Crippen molar-refractivity contribution in [3.8, 4) is 5.75 Å². The zero-order valence-corrected chi connectivity index (χ0v) is 16.2. The van der Waals surface area contributed by atoms with Crippen LogP contribution in [0.4, 0.5) is 4.39 Å². The summed E-state index contributed by atoms with van der Waals surface area (Å²) in [5.41, 5.74) is 2.13. The lowest BCUT2D eigenvalue weighted by Gasteiger charge is -2.44. The van der Waals surface area contributed by atoms with E-state index in [4.69, 9.17) is 4.74 Å². The van der Waals surface area contributed by atoms with Crippen LogP contribution in [0.2, 0.25) is 0 Å².